The van der Waals surface area contributed by atoms with Crippen LogP contribution < -0.4 is 0 Å². The summed E-state index contributed by atoms with van der Waals surface area (Å²) < 4.78 is 0. The molecule has 1 aliphatic rings. The molecule has 0 heterocycles. The molecular formula is C11H20. The Hall–Kier alpha value is -0.440. The second-order valence-corrected chi connectivity index (χ2v) is 2.78. The van der Waals surface area contributed by atoms with Gasteiger partial charge in [0, 0.05) is 6.42 Å². The van der Waals surface area contributed by atoms with Crippen LogP contribution in [0.1, 0.15) is 52.9 Å². The van der Waals surface area contributed by atoms with Crippen molar-refractivity contribution in [1.82, 2.24) is 0 Å². The lowest BCUT2D eigenvalue weighted by Gasteiger charge is -1.99. The molecule has 0 heteroatoms. The Bertz CT molecular complexity index is 119. The summed E-state index contributed by atoms with van der Waals surface area (Å²) in [5.41, 5.74) is 0. The van der Waals surface area contributed by atoms with Crippen LogP contribution in [0, 0.1) is 17.8 Å². The summed E-state index contributed by atoms with van der Waals surface area (Å²) in [6.45, 7) is 5.93. The number of hydrogen-bond acceptors (Lipinski definition) is 0. The summed E-state index contributed by atoms with van der Waals surface area (Å²) in [6, 6.07) is 0. The third-order valence-corrected chi connectivity index (χ3v) is 2.04. The van der Waals surface area contributed by atoms with Gasteiger partial charge in [-0.2, -0.15) is 0 Å². The van der Waals surface area contributed by atoms with Crippen LogP contribution in [-0.2, 0) is 0 Å². The van der Waals surface area contributed by atoms with E-state index >= 15 is 0 Å². The van der Waals surface area contributed by atoms with Crippen LogP contribution in [0.3, 0.4) is 0 Å². The summed E-state index contributed by atoms with van der Waals surface area (Å²) in [4.78, 5) is 0. The van der Waals surface area contributed by atoms with Crippen molar-refractivity contribution in [2.75, 3.05) is 0 Å². The zero-order valence-electron chi connectivity index (χ0n) is 8.11. The van der Waals surface area contributed by atoms with Crippen molar-refractivity contribution in [3.05, 3.63) is 0 Å². The zero-order chi connectivity index (χ0) is 8.53. The fourth-order valence-corrected chi connectivity index (χ4v) is 1.46. The van der Waals surface area contributed by atoms with E-state index in [0.717, 1.165) is 12.3 Å². The van der Waals surface area contributed by atoms with Crippen molar-refractivity contribution in [2.24, 2.45) is 5.92 Å². The second-order valence-electron chi connectivity index (χ2n) is 2.78. The van der Waals surface area contributed by atoms with Gasteiger partial charge in [0.05, 0.1) is 0 Å². The van der Waals surface area contributed by atoms with Gasteiger partial charge in [0.1, 0.15) is 0 Å². The summed E-state index contributed by atoms with van der Waals surface area (Å²) in [6.07, 6.45) is 6.88. The maximum atomic E-state index is 3.14. The maximum absolute atomic E-state index is 3.14. The summed E-state index contributed by atoms with van der Waals surface area (Å²) in [5, 5.41) is 0. The molecule has 0 aromatic carbocycles. The van der Waals surface area contributed by atoms with E-state index in [2.05, 4.69) is 11.8 Å². The van der Waals surface area contributed by atoms with Crippen molar-refractivity contribution >= 4 is 0 Å². The molecular weight excluding hydrogens is 132 g/mol. The largest absolute Gasteiger partial charge is 0.107 e. The number of hydrogen-bond donors (Lipinski definition) is 0. The molecule has 1 rings (SSSR count). The van der Waals surface area contributed by atoms with E-state index in [1.165, 1.54) is 25.7 Å². The van der Waals surface area contributed by atoms with Gasteiger partial charge in [0.2, 0.25) is 0 Å². The average Bonchev–Trinajstić information content (AvgIpc) is 2.57. The highest BCUT2D eigenvalue weighted by molar-refractivity contribution is 4.96. The SMILES string of the molecule is CC.CC#CCC1CCCC1. The lowest BCUT2D eigenvalue weighted by molar-refractivity contribution is 0.566. The molecule has 0 nitrogen and oxygen atoms in total. The predicted octanol–water partition coefficient (Wildman–Crippen LogP) is 3.62. The van der Waals surface area contributed by atoms with E-state index in [1.54, 1.807) is 0 Å². The summed E-state index contributed by atoms with van der Waals surface area (Å²) in [5.74, 6) is 7.03. The van der Waals surface area contributed by atoms with Gasteiger partial charge >= 0.3 is 0 Å². The normalized spacial score (nSPS) is 16.3. The number of rotatable bonds is 1. The Morgan fingerprint density at radius 3 is 2.18 bits per heavy atom. The molecule has 0 bridgehead atoms. The van der Waals surface area contributed by atoms with Gasteiger partial charge < -0.3 is 0 Å². The van der Waals surface area contributed by atoms with Gasteiger partial charge in [0.25, 0.3) is 0 Å². The Balaban J connectivity index is 0.000000461. The molecule has 0 amide bonds. The summed E-state index contributed by atoms with van der Waals surface area (Å²) >= 11 is 0. The molecule has 0 unspecified atom stereocenters. The summed E-state index contributed by atoms with van der Waals surface area (Å²) in [7, 11) is 0. The molecule has 0 saturated heterocycles. The predicted molar refractivity (Wildman–Crippen MR) is 51.4 cm³/mol. The van der Waals surface area contributed by atoms with Crippen LogP contribution in [0.4, 0.5) is 0 Å². The van der Waals surface area contributed by atoms with Crippen LogP contribution in [0.25, 0.3) is 0 Å². The van der Waals surface area contributed by atoms with Crippen molar-refractivity contribution in [3.63, 3.8) is 0 Å². The van der Waals surface area contributed by atoms with Gasteiger partial charge in [0.15, 0.2) is 0 Å². The highest BCUT2D eigenvalue weighted by atomic mass is 14.2. The quantitative estimate of drug-likeness (QED) is 0.503. The molecule has 0 spiro atoms. The van der Waals surface area contributed by atoms with E-state index in [9.17, 15) is 0 Å². The Morgan fingerprint density at radius 2 is 1.73 bits per heavy atom. The minimum Gasteiger partial charge on any atom is -0.107 e. The van der Waals surface area contributed by atoms with E-state index in [-0.39, 0.29) is 0 Å². The highest BCUT2D eigenvalue weighted by Gasteiger charge is 2.12. The van der Waals surface area contributed by atoms with Crippen LogP contribution in [0.5, 0.6) is 0 Å². The monoisotopic (exact) mass is 152 g/mol. The van der Waals surface area contributed by atoms with Crippen LogP contribution in [-0.4, -0.2) is 0 Å². The van der Waals surface area contributed by atoms with E-state index < -0.39 is 0 Å². The molecule has 1 fully saturated rings. The van der Waals surface area contributed by atoms with Crippen LogP contribution >= 0.6 is 0 Å². The van der Waals surface area contributed by atoms with Crippen molar-refractivity contribution in [1.29, 1.82) is 0 Å². The third kappa shape index (κ3) is 4.90. The lowest BCUT2D eigenvalue weighted by atomic mass is 10.1. The first-order chi connectivity index (χ1) is 5.43. The fourth-order valence-electron chi connectivity index (χ4n) is 1.46. The average molecular weight is 152 g/mol. The molecule has 0 N–H and O–H groups in total. The molecule has 11 heavy (non-hydrogen) atoms. The van der Waals surface area contributed by atoms with Gasteiger partial charge in [-0.3, -0.25) is 0 Å². The third-order valence-electron chi connectivity index (χ3n) is 2.04. The molecule has 0 atom stereocenters. The van der Waals surface area contributed by atoms with Crippen LogP contribution in [0.2, 0.25) is 0 Å². The van der Waals surface area contributed by atoms with Crippen LogP contribution in [0.15, 0.2) is 0 Å². The second kappa shape index (κ2) is 7.66. The fraction of sp³-hybridized carbons (Fsp3) is 0.818. The molecule has 64 valence electrons. The Labute approximate surface area is 71.4 Å². The van der Waals surface area contributed by atoms with Crippen molar-refractivity contribution < 1.29 is 0 Å². The van der Waals surface area contributed by atoms with Gasteiger partial charge in [-0.25, -0.2) is 0 Å². The van der Waals surface area contributed by atoms with Gasteiger partial charge in [-0.1, -0.05) is 26.7 Å². The Kier molecular flexibility index (Phi) is 7.36. The lowest BCUT2D eigenvalue weighted by Crippen LogP contribution is -1.88. The van der Waals surface area contributed by atoms with E-state index in [4.69, 9.17) is 0 Å². The molecule has 1 saturated carbocycles. The van der Waals surface area contributed by atoms with E-state index in [1.807, 2.05) is 20.8 Å². The van der Waals surface area contributed by atoms with Gasteiger partial charge in [-0.05, 0) is 25.7 Å². The first-order valence-corrected chi connectivity index (χ1v) is 4.83. The standard InChI is InChI=1S/C9H14.C2H6/c1-2-3-6-9-7-4-5-8-9;1-2/h9H,4-8H2,1H3;1-2H3. The first kappa shape index (κ1) is 10.6. The molecule has 0 radical (unpaired) electrons. The van der Waals surface area contributed by atoms with Crippen molar-refractivity contribution in [2.45, 2.75) is 52.9 Å². The molecule has 0 aromatic rings. The topological polar surface area (TPSA) is 0 Å². The van der Waals surface area contributed by atoms with E-state index in [0.29, 0.717) is 0 Å². The van der Waals surface area contributed by atoms with Crippen molar-refractivity contribution in [3.8, 4) is 11.8 Å². The molecule has 0 aromatic heterocycles. The maximum Gasteiger partial charge on any atom is 0.0117 e. The molecule has 0 aliphatic heterocycles. The highest BCUT2D eigenvalue weighted by Crippen LogP contribution is 2.26. The minimum absolute atomic E-state index is 0.942. The van der Waals surface area contributed by atoms with Gasteiger partial charge in [-0.15, -0.1) is 11.8 Å². The minimum atomic E-state index is 0.942. The zero-order valence-corrected chi connectivity index (χ0v) is 8.11. The smallest absolute Gasteiger partial charge is 0.0117 e. The molecule has 1 aliphatic carbocycles. The Morgan fingerprint density at radius 1 is 1.18 bits per heavy atom. The first-order valence-electron chi connectivity index (χ1n) is 4.83.